The molecule has 134 valence electrons. The first-order chi connectivity index (χ1) is 11.7. The Labute approximate surface area is 143 Å². The van der Waals surface area contributed by atoms with Crippen molar-refractivity contribution < 1.29 is 27.5 Å². The van der Waals surface area contributed by atoms with Gasteiger partial charge in [0, 0.05) is 18.2 Å². The van der Waals surface area contributed by atoms with E-state index in [0.717, 1.165) is 18.2 Å². The van der Waals surface area contributed by atoms with Crippen molar-refractivity contribution in [1.29, 1.82) is 0 Å². The molecule has 7 heteroatoms. The summed E-state index contributed by atoms with van der Waals surface area (Å²) < 4.78 is 44.1. The number of carbonyl (C=O) groups excluding carboxylic acids is 2. The summed E-state index contributed by atoms with van der Waals surface area (Å²) in [6, 6.07) is 2.71. The molecule has 2 rings (SSSR count). The first-order valence-corrected chi connectivity index (χ1v) is 7.73. The highest BCUT2D eigenvalue weighted by molar-refractivity contribution is 6.00. The molecule has 0 spiro atoms. The average molecular weight is 353 g/mol. The molecule has 1 N–H and O–H groups in total. The number of ether oxygens (including phenoxy) is 1. The number of hydrogen-bond donors (Lipinski definition) is 1. The van der Waals surface area contributed by atoms with Crippen molar-refractivity contribution in [1.82, 2.24) is 5.32 Å². The van der Waals surface area contributed by atoms with Crippen molar-refractivity contribution >= 4 is 11.7 Å². The number of benzene rings is 1. The Balaban J connectivity index is 2.29. The molecule has 1 aromatic rings. The van der Waals surface area contributed by atoms with Gasteiger partial charge < -0.3 is 10.1 Å². The fourth-order valence-corrected chi connectivity index (χ4v) is 2.12. The molecule has 25 heavy (non-hydrogen) atoms. The molecule has 0 aliphatic heterocycles. The summed E-state index contributed by atoms with van der Waals surface area (Å²) in [5.41, 5.74) is -0.633. The van der Waals surface area contributed by atoms with E-state index in [1.807, 2.05) is 13.8 Å². The van der Waals surface area contributed by atoms with Gasteiger partial charge in [0.2, 0.25) is 0 Å². The number of carbonyl (C=O) groups is 2. The lowest BCUT2D eigenvalue weighted by Gasteiger charge is -2.16. The molecule has 0 saturated carbocycles. The van der Waals surface area contributed by atoms with Crippen molar-refractivity contribution in [3.63, 3.8) is 0 Å². The zero-order valence-corrected chi connectivity index (χ0v) is 13.8. The van der Waals surface area contributed by atoms with Crippen LogP contribution in [0, 0.1) is 5.92 Å². The van der Waals surface area contributed by atoms with Crippen LogP contribution >= 0.6 is 0 Å². The van der Waals surface area contributed by atoms with Crippen LogP contribution in [0.3, 0.4) is 0 Å². The molecule has 1 aliphatic carbocycles. The van der Waals surface area contributed by atoms with Gasteiger partial charge in [-0.05, 0) is 30.2 Å². The van der Waals surface area contributed by atoms with E-state index in [9.17, 15) is 22.8 Å². The van der Waals surface area contributed by atoms with Crippen LogP contribution < -0.4 is 10.1 Å². The van der Waals surface area contributed by atoms with Crippen LogP contribution in [0.15, 0.2) is 42.1 Å². The van der Waals surface area contributed by atoms with Crippen molar-refractivity contribution in [2.75, 3.05) is 6.61 Å². The Morgan fingerprint density at radius 3 is 2.64 bits per heavy atom. The molecule has 0 bridgehead atoms. The summed E-state index contributed by atoms with van der Waals surface area (Å²) in [5, 5.41) is 2.51. The highest BCUT2D eigenvalue weighted by Gasteiger charge is 2.32. The Bertz CT molecular complexity index is 734. The average Bonchev–Trinajstić information content (AvgIpc) is 2.51. The number of alkyl halides is 3. The largest absolute Gasteiger partial charge is 0.492 e. The normalized spacial score (nSPS) is 14.5. The lowest BCUT2D eigenvalue weighted by molar-refractivity contribution is -0.137. The van der Waals surface area contributed by atoms with E-state index in [1.54, 1.807) is 12.2 Å². The van der Waals surface area contributed by atoms with E-state index < -0.39 is 17.6 Å². The lowest BCUT2D eigenvalue weighted by Crippen LogP contribution is -2.24. The zero-order valence-electron chi connectivity index (χ0n) is 13.8. The van der Waals surface area contributed by atoms with Crippen LogP contribution in [0.1, 0.15) is 36.2 Å². The van der Waals surface area contributed by atoms with Gasteiger partial charge in [0.25, 0.3) is 5.91 Å². The zero-order chi connectivity index (χ0) is 18.6. The monoisotopic (exact) mass is 353 g/mol. The van der Waals surface area contributed by atoms with Gasteiger partial charge >= 0.3 is 6.18 Å². The lowest BCUT2D eigenvalue weighted by atomic mass is 10.1. The van der Waals surface area contributed by atoms with E-state index in [2.05, 4.69) is 5.32 Å². The summed E-state index contributed by atoms with van der Waals surface area (Å²) >= 11 is 0. The van der Waals surface area contributed by atoms with Gasteiger partial charge in [0.05, 0.1) is 17.7 Å². The van der Waals surface area contributed by atoms with E-state index in [1.165, 1.54) is 6.08 Å². The van der Waals surface area contributed by atoms with Crippen LogP contribution in [-0.2, 0) is 11.0 Å². The highest BCUT2D eigenvalue weighted by Crippen LogP contribution is 2.33. The van der Waals surface area contributed by atoms with Crippen LogP contribution in [-0.4, -0.2) is 18.3 Å². The van der Waals surface area contributed by atoms with Crippen LogP contribution in [0.25, 0.3) is 0 Å². The van der Waals surface area contributed by atoms with Gasteiger partial charge in [-0.2, -0.15) is 13.2 Å². The number of hydrogen-bond acceptors (Lipinski definition) is 3. The smallest absolute Gasteiger partial charge is 0.416 e. The highest BCUT2D eigenvalue weighted by atomic mass is 19.4. The molecule has 0 aromatic heterocycles. The quantitative estimate of drug-likeness (QED) is 0.874. The van der Waals surface area contributed by atoms with Crippen molar-refractivity contribution in [3.8, 4) is 5.75 Å². The topological polar surface area (TPSA) is 55.4 Å². The molecule has 1 amide bonds. The Morgan fingerprint density at radius 2 is 2.04 bits per heavy atom. The fourth-order valence-electron chi connectivity index (χ4n) is 2.12. The third-order valence-electron chi connectivity index (χ3n) is 3.32. The molecular weight excluding hydrogens is 335 g/mol. The number of ketones is 1. The fraction of sp³-hybridized carbons (Fsp3) is 0.333. The third kappa shape index (κ3) is 5.20. The van der Waals surface area contributed by atoms with Gasteiger partial charge in [-0.25, -0.2) is 0 Å². The predicted molar refractivity (Wildman–Crippen MR) is 86.1 cm³/mol. The minimum atomic E-state index is -4.54. The van der Waals surface area contributed by atoms with E-state index in [-0.39, 0.29) is 41.7 Å². The first kappa shape index (κ1) is 18.8. The van der Waals surface area contributed by atoms with Gasteiger partial charge in [-0.15, -0.1) is 0 Å². The number of nitrogens with one attached hydrogen (secondary N) is 1. The number of allylic oxidation sites excluding steroid dienone is 3. The number of rotatable bonds is 5. The van der Waals surface area contributed by atoms with E-state index in [4.69, 9.17) is 4.74 Å². The Hall–Kier alpha value is -2.57. The second-order valence-corrected chi connectivity index (χ2v) is 6.04. The standard InChI is InChI=1S/C18H18F3NO3/c1-11(2)10-25-16-8-12(18(19,20)21)6-7-15(16)17(24)22-13-4-3-5-14(23)9-13/h3-4,6-9,11H,5,10H2,1-2H3,(H,22,24). The molecule has 0 heterocycles. The Morgan fingerprint density at radius 1 is 1.32 bits per heavy atom. The van der Waals surface area contributed by atoms with Crippen LogP contribution in [0.5, 0.6) is 5.75 Å². The minimum absolute atomic E-state index is 0.0269. The molecule has 1 aliphatic rings. The minimum Gasteiger partial charge on any atom is -0.492 e. The molecule has 0 saturated heterocycles. The summed E-state index contributed by atoms with van der Waals surface area (Å²) in [6.07, 6.45) is 0.157. The van der Waals surface area contributed by atoms with E-state index in [0.29, 0.717) is 0 Å². The second kappa shape index (κ2) is 7.55. The first-order valence-electron chi connectivity index (χ1n) is 7.73. The molecule has 0 atom stereocenters. The molecule has 0 unspecified atom stereocenters. The maximum Gasteiger partial charge on any atom is 0.416 e. The summed E-state index contributed by atoms with van der Waals surface area (Å²) in [6.45, 7) is 3.86. The third-order valence-corrected chi connectivity index (χ3v) is 3.32. The van der Waals surface area contributed by atoms with Crippen LogP contribution in [0.4, 0.5) is 13.2 Å². The molecule has 4 nitrogen and oxygen atoms in total. The van der Waals surface area contributed by atoms with E-state index >= 15 is 0 Å². The summed E-state index contributed by atoms with van der Waals surface area (Å²) in [5.74, 6) is -0.876. The maximum atomic E-state index is 12.9. The predicted octanol–water partition coefficient (Wildman–Crippen LogP) is 3.88. The van der Waals surface area contributed by atoms with Gasteiger partial charge in [-0.3, -0.25) is 9.59 Å². The number of amides is 1. The van der Waals surface area contributed by atoms with Crippen LogP contribution in [0.2, 0.25) is 0 Å². The summed E-state index contributed by atoms with van der Waals surface area (Å²) in [7, 11) is 0. The van der Waals surface area contributed by atoms with Gasteiger partial charge in [-0.1, -0.05) is 19.9 Å². The van der Waals surface area contributed by atoms with Crippen molar-refractivity contribution in [3.05, 3.63) is 53.3 Å². The Kier molecular flexibility index (Phi) is 5.66. The SMILES string of the molecule is CC(C)COc1cc(C(F)(F)F)ccc1C(=O)NC1=CC(=O)CC=C1. The van der Waals surface area contributed by atoms with Gasteiger partial charge in [0.1, 0.15) is 5.75 Å². The summed E-state index contributed by atoms with van der Waals surface area (Å²) in [4.78, 5) is 23.7. The molecule has 0 radical (unpaired) electrons. The molecule has 1 aromatic carbocycles. The van der Waals surface area contributed by atoms with Crippen molar-refractivity contribution in [2.45, 2.75) is 26.4 Å². The molecule has 0 fully saturated rings. The second-order valence-electron chi connectivity index (χ2n) is 6.04. The van der Waals surface area contributed by atoms with Crippen molar-refractivity contribution in [2.24, 2.45) is 5.92 Å². The maximum absolute atomic E-state index is 12.9. The van der Waals surface area contributed by atoms with Gasteiger partial charge in [0.15, 0.2) is 5.78 Å². The molecular formula is C18H18F3NO3. The number of halogens is 3.